The molecule has 0 N–H and O–H groups in total. The van der Waals surface area contributed by atoms with E-state index in [1.165, 1.54) is 31.3 Å². The Morgan fingerprint density at radius 3 is 2.59 bits per heavy atom. The van der Waals surface area contributed by atoms with E-state index < -0.39 is 0 Å². The molecule has 22 heavy (non-hydrogen) atoms. The molecule has 0 aromatic rings. The predicted octanol–water partition coefficient (Wildman–Crippen LogP) is 3.98. The van der Waals surface area contributed by atoms with Gasteiger partial charge in [0.05, 0.1) is 6.42 Å². The third kappa shape index (κ3) is 6.61. The number of hydrogen-bond acceptors (Lipinski definition) is 3. The van der Waals surface area contributed by atoms with Crippen molar-refractivity contribution in [2.45, 2.75) is 39.0 Å². The maximum atomic E-state index is 12.2. The number of esters is 1. The highest BCUT2D eigenvalue weighted by atomic mass is 16.5. The largest absolute Gasteiger partial charge is 0.464 e. The van der Waals surface area contributed by atoms with Crippen LogP contribution < -0.4 is 0 Å². The lowest BCUT2D eigenvalue weighted by Gasteiger charge is -2.24. The molecule has 1 aliphatic carbocycles. The minimum atomic E-state index is -0.0786. The van der Waals surface area contributed by atoms with E-state index in [0.29, 0.717) is 18.9 Å². The van der Waals surface area contributed by atoms with Crippen molar-refractivity contribution in [2.75, 3.05) is 27.2 Å². The summed E-state index contributed by atoms with van der Waals surface area (Å²) >= 11 is 0. The van der Waals surface area contributed by atoms with Gasteiger partial charge in [0.2, 0.25) is 0 Å². The lowest BCUT2D eigenvalue weighted by molar-refractivity contribution is -0.145. The smallest absolute Gasteiger partial charge is 0.306 e. The van der Waals surface area contributed by atoms with Crippen molar-refractivity contribution in [3.05, 3.63) is 36.5 Å². The number of carbonyl (C=O) groups is 1. The van der Waals surface area contributed by atoms with Gasteiger partial charge < -0.3 is 9.64 Å². The zero-order chi connectivity index (χ0) is 16.4. The number of nitrogens with zero attached hydrogens (tertiary/aromatic N) is 1. The van der Waals surface area contributed by atoms with Crippen LogP contribution in [-0.4, -0.2) is 38.1 Å². The lowest BCUT2D eigenvalue weighted by Crippen LogP contribution is -2.23. The second-order valence-corrected chi connectivity index (χ2v) is 6.26. The maximum Gasteiger partial charge on any atom is 0.306 e. The van der Waals surface area contributed by atoms with Crippen molar-refractivity contribution in [1.29, 1.82) is 0 Å². The normalized spacial score (nSPS) is 18.1. The molecule has 0 heterocycles. The van der Waals surface area contributed by atoms with Crippen LogP contribution in [0, 0.1) is 11.8 Å². The molecular formula is C19H31NO2. The molecule has 3 nitrogen and oxygen atoms in total. The molecule has 1 aliphatic rings. The van der Waals surface area contributed by atoms with E-state index in [0.717, 1.165) is 6.54 Å². The predicted molar refractivity (Wildman–Crippen MR) is 92.7 cm³/mol. The third-order valence-corrected chi connectivity index (χ3v) is 4.34. The van der Waals surface area contributed by atoms with Crippen LogP contribution in [0.15, 0.2) is 36.5 Å². The van der Waals surface area contributed by atoms with E-state index in [4.69, 9.17) is 4.74 Å². The van der Waals surface area contributed by atoms with E-state index in [9.17, 15) is 4.79 Å². The summed E-state index contributed by atoms with van der Waals surface area (Å²) in [6.07, 6.45) is 13.4. The number of likely N-dealkylation sites (N-methyl/N-ethyl adjacent to an activating group) is 1. The summed E-state index contributed by atoms with van der Waals surface area (Å²) in [7, 11) is 3.96. The third-order valence-electron chi connectivity index (χ3n) is 4.34. The average molecular weight is 305 g/mol. The zero-order valence-corrected chi connectivity index (χ0v) is 14.4. The molecule has 0 saturated heterocycles. The van der Waals surface area contributed by atoms with Crippen LogP contribution in [0.5, 0.6) is 0 Å². The molecule has 1 unspecified atom stereocenters. The van der Waals surface area contributed by atoms with Gasteiger partial charge in [-0.3, -0.25) is 4.79 Å². The molecule has 1 atom stereocenters. The number of allylic oxidation sites excluding steroid dienone is 5. The monoisotopic (exact) mass is 305 g/mol. The highest BCUT2D eigenvalue weighted by Crippen LogP contribution is 2.37. The SMILES string of the molecule is C=C/C=C\C(=C/C)C(CC(=O)OCCN(C)C)C1CCCC1. The second-order valence-electron chi connectivity index (χ2n) is 6.26. The number of ether oxygens (including phenoxy) is 1. The Morgan fingerprint density at radius 1 is 1.36 bits per heavy atom. The standard InChI is InChI=1S/C19H31NO2/c1-5-7-10-16(6-2)18(17-11-8-9-12-17)15-19(21)22-14-13-20(3)4/h5-7,10,17-18H,1,8-9,11-15H2,2-4H3/b10-7-,16-6+. The van der Waals surface area contributed by atoms with Gasteiger partial charge in [-0.05, 0) is 51.3 Å². The summed E-state index contributed by atoms with van der Waals surface area (Å²) in [4.78, 5) is 14.2. The molecular weight excluding hydrogens is 274 g/mol. The second kappa shape index (κ2) is 10.4. The first-order valence-corrected chi connectivity index (χ1v) is 8.34. The van der Waals surface area contributed by atoms with Crippen molar-refractivity contribution in [3.8, 4) is 0 Å². The summed E-state index contributed by atoms with van der Waals surface area (Å²) in [6, 6.07) is 0. The number of hydrogen-bond donors (Lipinski definition) is 0. The molecule has 0 spiro atoms. The lowest BCUT2D eigenvalue weighted by atomic mass is 9.81. The van der Waals surface area contributed by atoms with Gasteiger partial charge in [-0.1, -0.05) is 43.7 Å². The van der Waals surface area contributed by atoms with Crippen molar-refractivity contribution in [1.82, 2.24) is 4.90 Å². The molecule has 1 rings (SSSR count). The van der Waals surface area contributed by atoms with Crippen LogP contribution in [0.3, 0.4) is 0 Å². The maximum absolute atomic E-state index is 12.2. The van der Waals surface area contributed by atoms with Gasteiger partial charge in [0.15, 0.2) is 0 Å². The summed E-state index contributed by atoms with van der Waals surface area (Å²) in [6.45, 7) is 7.01. The van der Waals surface area contributed by atoms with Crippen molar-refractivity contribution in [2.24, 2.45) is 11.8 Å². The Bertz CT molecular complexity index is 404. The molecule has 0 aromatic carbocycles. The Balaban J connectivity index is 2.67. The molecule has 0 amide bonds. The number of rotatable bonds is 9. The van der Waals surface area contributed by atoms with Gasteiger partial charge in [-0.15, -0.1) is 0 Å². The molecule has 0 bridgehead atoms. The fourth-order valence-corrected chi connectivity index (χ4v) is 3.11. The molecule has 0 aromatic heterocycles. The Kier molecular flexibility index (Phi) is 8.83. The van der Waals surface area contributed by atoms with Crippen molar-refractivity contribution >= 4 is 5.97 Å². The van der Waals surface area contributed by atoms with E-state index in [2.05, 4.69) is 18.7 Å². The van der Waals surface area contributed by atoms with Gasteiger partial charge in [0.25, 0.3) is 0 Å². The quantitative estimate of drug-likeness (QED) is 0.477. The van der Waals surface area contributed by atoms with Crippen molar-refractivity contribution in [3.63, 3.8) is 0 Å². The van der Waals surface area contributed by atoms with Crippen LogP contribution in [0.1, 0.15) is 39.0 Å². The topological polar surface area (TPSA) is 29.5 Å². The molecule has 1 fully saturated rings. The minimum Gasteiger partial charge on any atom is -0.464 e. The minimum absolute atomic E-state index is 0.0786. The summed E-state index contributed by atoms with van der Waals surface area (Å²) in [5.41, 5.74) is 1.23. The highest BCUT2D eigenvalue weighted by molar-refractivity contribution is 5.70. The van der Waals surface area contributed by atoms with Crippen LogP contribution in [0.4, 0.5) is 0 Å². The molecule has 0 radical (unpaired) electrons. The van der Waals surface area contributed by atoms with E-state index in [1.807, 2.05) is 32.0 Å². The fraction of sp³-hybridized carbons (Fsp3) is 0.632. The first-order chi connectivity index (χ1) is 10.6. The molecule has 0 aliphatic heterocycles. The zero-order valence-electron chi connectivity index (χ0n) is 14.4. The first-order valence-electron chi connectivity index (χ1n) is 8.34. The average Bonchev–Trinajstić information content (AvgIpc) is 3.00. The summed E-state index contributed by atoms with van der Waals surface area (Å²) in [5.74, 6) is 0.794. The van der Waals surface area contributed by atoms with E-state index in [-0.39, 0.29) is 11.9 Å². The van der Waals surface area contributed by atoms with Crippen LogP contribution in [0.25, 0.3) is 0 Å². The van der Waals surface area contributed by atoms with Crippen LogP contribution in [-0.2, 0) is 9.53 Å². The summed E-state index contributed by atoms with van der Waals surface area (Å²) < 4.78 is 5.39. The van der Waals surface area contributed by atoms with Crippen LogP contribution in [0.2, 0.25) is 0 Å². The highest BCUT2D eigenvalue weighted by Gasteiger charge is 2.29. The van der Waals surface area contributed by atoms with Gasteiger partial charge in [0, 0.05) is 6.54 Å². The Labute approximate surface area is 135 Å². The Morgan fingerprint density at radius 2 is 2.05 bits per heavy atom. The van der Waals surface area contributed by atoms with Gasteiger partial charge in [-0.25, -0.2) is 0 Å². The van der Waals surface area contributed by atoms with Crippen LogP contribution >= 0.6 is 0 Å². The van der Waals surface area contributed by atoms with E-state index in [1.54, 1.807) is 6.08 Å². The van der Waals surface area contributed by atoms with Gasteiger partial charge >= 0.3 is 5.97 Å². The summed E-state index contributed by atoms with van der Waals surface area (Å²) in [5, 5.41) is 0. The van der Waals surface area contributed by atoms with E-state index >= 15 is 0 Å². The Hall–Kier alpha value is -1.35. The fourth-order valence-electron chi connectivity index (χ4n) is 3.11. The van der Waals surface area contributed by atoms with Gasteiger partial charge in [-0.2, -0.15) is 0 Å². The van der Waals surface area contributed by atoms with Crippen molar-refractivity contribution < 1.29 is 9.53 Å². The van der Waals surface area contributed by atoms with Gasteiger partial charge in [0.1, 0.15) is 6.61 Å². The molecule has 1 saturated carbocycles. The molecule has 3 heteroatoms. The number of carbonyl (C=O) groups excluding carboxylic acids is 1. The molecule has 124 valence electrons. The first kappa shape index (κ1) is 18.7.